The third kappa shape index (κ3) is 7.65. The molecule has 0 saturated heterocycles. The molecule has 0 aromatic heterocycles. The molecule has 0 rings (SSSR count). The predicted molar refractivity (Wildman–Crippen MR) is 64.0 cm³/mol. The highest BCUT2D eigenvalue weighted by molar-refractivity contribution is 5.68. The summed E-state index contributed by atoms with van der Waals surface area (Å²) < 4.78 is 0. The second-order valence-electron chi connectivity index (χ2n) is 5.15. The normalized spacial score (nSPS) is 12.1. The smallest absolute Gasteiger partial charge is 0.305 e. The van der Waals surface area contributed by atoms with Gasteiger partial charge < -0.3 is 15.3 Å². The van der Waals surface area contributed by atoms with E-state index in [1.807, 2.05) is 20.8 Å². The van der Waals surface area contributed by atoms with Gasteiger partial charge in [0.2, 0.25) is 0 Å². The molecule has 0 radical (unpaired) electrons. The van der Waals surface area contributed by atoms with Crippen molar-refractivity contribution in [2.45, 2.75) is 60.2 Å². The monoisotopic (exact) mass is 234 g/mol. The van der Waals surface area contributed by atoms with Crippen LogP contribution in [0.1, 0.15) is 54.4 Å². The molecule has 0 aliphatic rings. The van der Waals surface area contributed by atoms with Crippen LogP contribution in [0.2, 0.25) is 0 Å². The molecular formula is C12H26O4. The lowest BCUT2D eigenvalue weighted by Crippen LogP contribution is -2.41. The van der Waals surface area contributed by atoms with Crippen LogP contribution in [0.3, 0.4) is 0 Å². The van der Waals surface area contributed by atoms with E-state index in [0.29, 0.717) is 0 Å². The van der Waals surface area contributed by atoms with Crippen molar-refractivity contribution in [1.82, 2.24) is 0 Å². The van der Waals surface area contributed by atoms with Crippen molar-refractivity contribution in [1.29, 1.82) is 0 Å². The summed E-state index contributed by atoms with van der Waals surface area (Å²) in [6, 6.07) is 0. The Morgan fingerprint density at radius 3 is 1.56 bits per heavy atom. The van der Waals surface area contributed by atoms with Gasteiger partial charge in [-0.25, -0.2) is 0 Å². The van der Waals surface area contributed by atoms with Crippen LogP contribution < -0.4 is 0 Å². The zero-order valence-electron chi connectivity index (χ0n) is 11.2. The Morgan fingerprint density at radius 2 is 1.50 bits per heavy atom. The Hall–Kier alpha value is -0.610. The van der Waals surface area contributed by atoms with Crippen molar-refractivity contribution in [3.05, 3.63) is 0 Å². The quantitative estimate of drug-likeness (QED) is 0.652. The second-order valence-corrected chi connectivity index (χ2v) is 5.15. The zero-order chi connectivity index (χ0) is 13.6. The lowest BCUT2D eigenvalue weighted by atomic mass is 9.80. The molecule has 0 fully saturated rings. The molecule has 0 aromatic carbocycles. The van der Waals surface area contributed by atoms with Gasteiger partial charge in [-0.15, -0.1) is 0 Å². The van der Waals surface area contributed by atoms with Crippen LogP contribution in [0.4, 0.5) is 0 Å². The summed E-state index contributed by atoms with van der Waals surface area (Å²) in [5.74, 6) is -2.52. The van der Waals surface area contributed by atoms with E-state index in [9.17, 15) is 15.0 Å². The van der Waals surface area contributed by atoms with E-state index >= 15 is 0 Å². The number of hydrogen-bond acceptors (Lipinski definition) is 3. The van der Waals surface area contributed by atoms with Crippen LogP contribution >= 0.6 is 0 Å². The third-order valence-electron chi connectivity index (χ3n) is 2.65. The minimum absolute atomic E-state index is 0.231. The van der Waals surface area contributed by atoms with Gasteiger partial charge in [0.15, 0.2) is 5.79 Å². The van der Waals surface area contributed by atoms with Crippen molar-refractivity contribution in [2.75, 3.05) is 0 Å². The molecule has 0 aromatic rings. The Balaban J connectivity index is 0. The van der Waals surface area contributed by atoms with E-state index in [-0.39, 0.29) is 5.92 Å². The molecule has 0 saturated carbocycles. The van der Waals surface area contributed by atoms with Crippen molar-refractivity contribution < 1.29 is 20.1 Å². The van der Waals surface area contributed by atoms with E-state index in [4.69, 9.17) is 5.11 Å². The number of hydrogen-bond donors (Lipinski definition) is 3. The molecule has 0 aliphatic heterocycles. The number of aliphatic carboxylic acids is 1. The van der Waals surface area contributed by atoms with Gasteiger partial charge in [0.25, 0.3) is 0 Å². The summed E-state index contributed by atoms with van der Waals surface area (Å²) in [6.45, 7) is 10.5. The Morgan fingerprint density at radius 1 is 1.19 bits per heavy atom. The van der Waals surface area contributed by atoms with Crippen LogP contribution in [0.15, 0.2) is 0 Å². The summed E-state index contributed by atoms with van der Waals surface area (Å²) in [5.41, 5.74) is -0.401. The molecule has 4 nitrogen and oxygen atoms in total. The minimum Gasteiger partial charge on any atom is -0.481 e. The molecule has 0 unspecified atom stereocenters. The van der Waals surface area contributed by atoms with Crippen LogP contribution in [-0.2, 0) is 4.79 Å². The molecule has 3 N–H and O–H groups in total. The van der Waals surface area contributed by atoms with E-state index in [2.05, 4.69) is 0 Å². The molecule has 0 amide bonds. The van der Waals surface area contributed by atoms with Crippen molar-refractivity contribution in [3.63, 3.8) is 0 Å². The molecular weight excluding hydrogens is 208 g/mol. The molecule has 0 spiro atoms. The number of carboxylic acids is 1. The van der Waals surface area contributed by atoms with Gasteiger partial charge in [-0.3, -0.25) is 4.79 Å². The second kappa shape index (κ2) is 6.86. The van der Waals surface area contributed by atoms with Gasteiger partial charge in [-0.1, -0.05) is 41.0 Å². The van der Waals surface area contributed by atoms with Gasteiger partial charge in [0.1, 0.15) is 0 Å². The standard InChI is InChI=1S/C8H18O2.C4H8O2/c1-5-6-7(2,3)8(4,9)10;1-3(2)4(5)6/h9-10H,5-6H2,1-4H3;3H,1-2H3,(H,5,6). The first kappa shape index (κ1) is 17.8. The average molecular weight is 234 g/mol. The molecule has 0 atom stereocenters. The Labute approximate surface area is 98.3 Å². The first-order chi connectivity index (χ1) is 6.95. The van der Waals surface area contributed by atoms with Gasteiger partial charge in [-0.2, -0.15) is 0 Å². The largest absolute Gasteiger partial charge is 0.481 e. The van der Waals surface area contributed by atoms with Crippen molar-refractivity contribution in [2.24, 2.45) is 11.3 Å². The number of carbonyl (C=O) groups is 1. The Kier molecular flexibility index (Phi) is 7.62. The fourth-order valence-electron chi connectivity index (χ4n) is 0.862. The van der Waals surface area contributed by atoms with Crippen molar-refractivity contribution >= 4 is 5.97 Å². The molecule has 98 valence electrons. The van der Waals surface area contributed by atoms with E-state index in [1.54, 1.807) is 13.8 Å². The van der Waals surface area contributed by atoms with Crippen LogP contribution in [0, 0.1) is 11.3 Å². The van der Waals surface area contributed by atoms with E-state index in [1.165, 1.54) is 6.92 Å². The highest BCUT2D eigenvalue weighted by Gasteiger charge is 2.36. The highest BCUT2D eigenvalue weighted by atomic mass is 16.5. The maximum Gasteiger partial charge on any atom is 0.305 e. The Bertz CT molecular complexity index is 202. The maximum absolute atomic E-state index is 9.70. The van der Waals surface area contributed by atoms with Crippen molar-refractivity contribution in [3.8, 4) is 0 Å². The van der Waals surface area contributed by atoms with Crippen LogP contribution in [0.25, 0.3) is 0 Å². The molecule has 16 heavy (non-hydrogen) atoms. The fraction of sp³-hybridized carbons (Fsp3) is 0.917. The van der Waals surface area contributed by atoms with Crippen LogP contribution in [-0.4, -0.2) is 27.1 Å². The molecule has 0 aliphatic carbocycles. The first-order valence-electron chi connectivity index (χ1n) is 5.63. The summed E-state index contributed by atoms with van der Waals surface area (Å²) in [5, 5.41) is 26.5. The third-order valence-corrected chi connectivity index (χ3v) is 2.65. The summed E-state index contributed by atoms with van der Waals surface area (Å²) >= 11 is 0. The summed E-state index contributed by atoms with van der Waals surface area (Å²) in [7, 11) is 0. The van der Waals surface area contributed by atoms with Gasteiger partial charge in [0, 0.05) is 5.41 Å². The fourth-order valence-corrected chi connectivity index (χ4v) is 0.862. The molecule has 4 heteroatoms. The lowest BCUT2D eigenvalue weighted by molar-refractivity contribution is -0.220. The average Bonchev–Trinajstić information content (AvgIpc) is 2.02. The zero-order valence-corrected chi connectivity index (χ0v) is 11.2. The number of aliphatic hydroxyl groups is 2. The first-order valence-corrected chi connectivity index (χ1v) is 5.63. The predicted octanol–water partition coefficient (Wildman–Crippen LogP) is 2.24. The molecule has 0 heterocycles. The van der Waals surface area contributed by atoms with E-state index < -0.39 is 17.2 Å². The van der Waals surface area contributed by atoms with Gasteiger partial charge in [0.05, 0.1) is 5.92 Å². The SMILES string of the molecule is CC(C)C(=O)O.CCCC(C)(C)C(C)(O)O. The lowest BCUT2D eigenvalue weighted by Gasteiger charge is -2.35. The topological polar surface area (TPSA) is 77.8 Å². The van der Waals surface area contributed by atoms with Gasteiger partial charge in [-0.05, 0) is 13.3 Å². The van der Waals surface area contributed by atoms with Gasteiger partial charge >= 0.3 is 5.97 Å². The molecule has 0 bridgehead atoms. The summed E-state index contributed by atoms with van der Waals surface area (Å²) in [4.78, 5) is 9.70. The number of rotatable bonds is 4. The number of carboxylic acid groups (broad SMARTS) is 1. The maximum atomic E-state index is 9.70. The summed E-state index contributed by atoms with van der Waals surface area (Å²) in [6.07, 6.45) is 1.81. The van der Waals surface area contributed by atoms with Crippen LogP contribution in [0.5, 0.6) is 0 Å². The van der Waals surface area contributed by atoms with E-state index in [0.717, 1.165) is 12.8 Å². The minimum atomic E-state index is -1.55. The highest BCUT2D eigenvalue weighted by Crippen LogP contribution is 2.32.